The monoisotopic (exact) mass is 284 g/mol. The molecule has 1 heterocycles. The van der Waals surface area contributed by atoms with Gasteiger partial charge >= 0.3 is 0 Å². The Kier molecular flexibility index (Phi) is 4.27. The van der Waals surface area contributed by atoms with Crippen LogP contribution in [0.25, 0.3) is 0 Å². The number of hydrogen-bond donors (Lipinski definition) is 1. The van der Waals surface area contributed by atoms with Crippen molar-refractivity contribution in [3.8, 4) is 0 Å². The molecule has 0 saturated carbocycles. The van der Waals surface area contributed by atoms with E-state index in [0.29, 0.717) is 16.5 Å². The number of aliphatic hydroxyl groups excluding tert-OH is 1. The summed E-state index contributed by atoms with van der Waals surface area (Å²) in [7, 11) is 0. The van der Waals surface area contributed by atoms with E-state index in [-0.39, 0.29) is 0 Å². The lowest BCUT2D eigenvalue weighted by Crippen LogP contribution is -2.08. The van der Waals surface area contributed by atoms with Crippen molar-refractivity contribution in [1.82, 2.24) is 9.55 Å². The highest BCUT2D eigenvalue weighted by molar-refractivity contribution is 6.42. The van der Waals surface area contributed by atoms with Gasteiger partial charge in [-0.15, -0.1) is 0 Å². The first-order chi connectivity index (χ1) is 8.63. The Morgan fingerprint density at radius 2 is 2.17 bits per heavy atom. The third-order valence-electron chi connectivity index (χ3n) is 2.87. The van der Waals surface area contributed by atoms with Crippen LogP contribution in [-0.2, 0) is 13.0 Å². The summed E-state index contributed by atoms with van der Waals surface area (Å²) < 4.78 is 1.91. The molecule has 0 amide bonds. The third kappa shape index (κ3) is 2.69. The van der Waals surface area contributed by atoms with Crippen LogP contribution < -0.4 is 0 Å². The number of halogens is 2. The lowest BCUT2D eigenvalue weighted by Gasteiger charge is -2.14. The maximum Gasteiger partial charge on any atom is 0.0996 e. The fraction of sp³-hybridized carbons (Fsp3) is 0.308. The SMILES string of the molecule is CCn1cncc1C(O)Cc1cccc(Cl)c1Cl. The highest BCUT2D eigenvalue weighted by atomic mass is 35.5. The fourth-order valence-electron chi connectivity index (χ4n) is 1.89. The molecule has 1 unspecified atom stereocenters. The Morgan fingerprint density at radius 1 is 1.39 bits per heavy atom. The lowest BCUT2D eigenvalue weighted by atomic mass is 10.1. The van der Waals surface area contributed by atoms with Crippen molar-refractivity contribution >= 4 is 23.2 Å². The van der Waals surface area contributed by atoms with E-state index in [2.05, 4.69) is 4.98 Å². The van der Waals surface area contributed by atoms with Crippen molar-refractivity contribution in [2.75, 3.05) is 0 Å². The molecule has 0 saturated heterocycles. The summed E-state index contributed by atoms with van der Waals surface area (Å²) in [6.07, 6.45) is 3.17. The molecular formula is C13H14Cl2N2O. The maximum absolute atomic E-state index is 10.2. The Hall–Kier alpha value is -1.03. The first-order valence-electron chi connectivity index (χ1n) is 5.74. The van der Waals surface area contributed by atoms with Gasteiger partial charge in [-0.2, -0.15) is 0 Å². The van der Waals surface area contributed by atoms with E-state index in [1.165, 1.54) is 0 Å². The van der Waals surface area contributed by atoms with Gasteiger partial charge < -0.3 is 9.67 Å². The van der Waals surface area contributed by atoms with E-state index < -0.39 is 6.10 Å². The predicted molar refractivity (Wildman–Crippen MR) is 73.0 cm³/mol. The molecule has 2 aromatic rings. The van der Waals surface area contributed by atoms with Gasteiger partial charge in [0.2, 0.25) is 0 Å². The van der Waals surface area contributed by atoms with E-state index >= 15 is 0 Å². The van der Waals surface area contributed by atoms with Crippen LogP contribution in [0.5, 0.6) is 0 Å². The molecule has 0 aliphatic carbocycles. The molecule has 1 N–H and O–H groups in total. The van der Waals surface area contributed by atoms with Crippen molar-refractivity contribution < 1.29 is 5.11 Å². The lowest BCUT2D eigenvalue weighted by molar-refractivity contribution is 0.169. The fourth-order valence-corrected chi connectivity index (χ4v) is 2.29. The van der Waals surface area contributed by atoms with Gasteiger partial charge in [-0.05, 0) is 18.6 Å². The van der Waals surface area contributed by atoms with E-state index in [0.717, 1.165) is 17.8 Å². The summed E-state index contributed by atoms with van der Waals surface area (Å²) in [5, 5.41) is 11.2. The molecule has 0 aliphatic rings. The van der Waals surface area contributed by atoms with Crippen LogP contribution in [0.3, 0.4) is 0 Å². The first-order valence-corrected chi connectivity index (χ1v) is 6.50. The van der Waals surface area contributed by atoms with Crippen molar-refractivity contribution in [3.05, 3.63) is 52.0 Å². The molecular weight excluding hydrogens is 271 g/mol. The zero-order valence-electron chi connectivity index (χ0n) is 9.98. The summed E-state index contributed by atoms with van der Waals surface area (Å²) in [6.45, 7) is 2.78. The number of aromatic nitrogens is 2. The van der Waals surface area contributed by atoms with Gasteiger partial charge in [0.25, 0.3) is 0 Å². The quantitative estimate of drug-likeness (QED) is 0.933. The smallest absolute Gasteiger partial charge is 0.0996 e. The molecule has 96 valence electrons. The molecule has 0 radical (unpaired) electrons. The summed E-state index contributed by atoms with van der Waals surface area (Å²) in [4.78, 5) is 4.04. The number of aliphatic hydroxyl groups is 1. The van der Waals surface area contributed by atoms with Gasteiger partial charge in [0, 0.05) is 13.0 Å². The molecule has 1 atom stereocenters. The second-order valence-electron chi connectivity index (χ2n) is 4.04. The second-order valence-corrected chi connectivity index (χ2v) is 4.82. The number of benzene rings is 1. The van der Waals surface area contributed by atoms with Crippen LogP contribution >= 0.6 is 23.2 Å². The molecule has 0 aliphatic heterocycles. The van der Waals surface area contributed by atoms with Crippen molar-refractivity contribution in [2.24, 2.45) is 0 Å². The van der Waals surface area contributed by atoms with Gasteiger partial charge in [0.05, 0.1) is 34.4 Å². The van der Waals surface area contributed by atoms with Gasteiger partial charge in [0.1, 0.15) is 0 Å². The van der Waals surface area contributed by atoms with Crippen LogP contribution in [0.4, 0.5) is 0 Å². The Labute approximate surface area is 116 Å². The van der Waals surface area contributed by atoms with Crippen molar-refractivity contribution in [1.29, 1.82) is 0 Å². The average Bonchev–Trinajstić information content (AvgIpc) is 2.83. The van der Waals surface area contributed by atoms with Gasteiger partial charge in [-0.25, -0.2) is 4.98 Å². The molecule has 18 heavy (non-hydrogen) atoms. The molecule has 0 bridgehead atoms. The number of nitrogens with zero attached hydrogens (tertiary/aromatic N) is 2. The normalized spacial score (nSPS) is 12.7. The highest BCUT2D eigenvalue weighted by Gasteiger charge is 2.15. The minimum Gasteiger partial charge on any atom is -0.386 e. The predicted octanol–water partition coefficient (Wildman–Crippen LogP) is 3.49. The standard InChI is InChI=1S/C13H14Cl2N2O/c1-2-17-8-16-7-11(17)12(18)6-9-4-3-5-10(14)13(9)15/h3-5,7-8,12,18H,2,6H2,1H3. The van der Waals surface area contributed by atoms with Gasteiger partial charge in [0.15, 0.2) is 0 Å². The van der Waals surface area contributed by atoms with Crippen LogP contribution in [0, 0.1) is 0 Å². The van der Waals surface area contributed by atoms with Crippen LogP contribution in [0.2, 0.25) is 10.0 Å². The van der Waals surface area contributed by atoms with Crippen LogP contribution in [-0.4, -0.2) is 14.7 Å². The number of aryl methyl sites for hydroxylation is 1. The molecule has 1 aromatic carbocycles. The maximum atomic E-state index is 10.2. The average molecular weight is 285 g/mol. The molecule has 5 heteroatoms. The van der Waals surface area contributed by atoms with Crippen LogP contribution in [0.1, 0.15) is 24.3 Å². The van der Waals surface area contributed by atoms with Crippen molar-refractivity contribution in [3.63, 3.8) is 0 Å². The topological polar surface area (TPSA) is 38.0 Å². The molecule has 1 aromatic heterocycles. The summed E-state index contributed by atoms with van der Waals surface area (Å²) in [5.74, 6) is 0. The Bertz CT molecular complexity index is 540. The molecule has 0 spiro atoms. The largest absolute Gasteiger partial charge is 0.386 e. The molecule has 3 nitrogen and oxygen atoms in total. The molecule has 0 fully saturated rings. The van der Waals surface area contributed by atoms with Gasteiger partial charge in [-0.3, -0.25) is 0 Å². The Balaban J connectivity index is 2.21. The summed E-state index contributed by atoms with van der Waals surface area (Å²) >= 11 is 12.1. The zero-order valence-corrected chi connectivity index (χ0v) is 11.5. The molecule has 2 rings (SSSR count). The van der Waals surface area contributed by atoms with Crippen LogP contribution in [0.15, 0.2) is 30.7 Å². The minimum absolute atomic E-state index is 0.422. The second kappa shape index (κ2) is 5.74. The van der Waals surface area contributed by atoms with E-state index in [4.69, 9.17) is 23.2 Å². The number of imidazole rings is 1. The first kappa shape index (κ1) is 13.4. The number of hydrogen-bond acceptors (Lipinski definition) is 2. The summed E-state index contributed by atoms with van der Waals surface area (Å²) in [6, 6.07) is 5.42. The third-order valence-corrected chi connectivity index (χ3v) is 3.73. The van der Waals surface area contributed by atoms with E-state index in [1.807, 2.05) is 23.6 Å². The zero-order chi connectivity index (χ0) is 13.1. The Morgan fingerprint density at radius 3 is 2.89 bits per heavy atom. The van der Waals surface area contributed by atoms with E-state index in [1.54, 1.807) is 18.6 Å². The minimum atomic E-state index is -0.636. The summed E-state index contributed by atoms with van der Waals surface area (Å²) in [5.41, 5.74) is 1.62. The van der Waals surface area contributed by atoms with Gasteiger partial charge in [-0.1, -0.05) is 35.3 Å². The highest BCUT2D eigenvalue weighted by Crippen LogP contribution is 2.29. The number of rotatable bonds is 4. The van der Waals surface area contributed by atoms with E-state index in [9.17, 15) is 5.11 Å². The van der Waals surface area contributed by atoms with Crippen molar-refractivity contribution in [2.45, 2.75) is 26.0 Å².